The van der Waals surface area contributed by atoms with E-state index in [-0.39, 0.29) is 12.1 Å². The van der Waals surface area contributed by atoms with Crippen LogP contribution in [0.3, 0.4) is 0 Å². The van der Waals surface area contributed by atoms with E-state index in [1.54, 1.807) is 13.4 Å². The Morgan fingerprint density at radius 2 is 1.93 bits per heavy atom. The molecule has 2 atom stereocenters. The van der Waals surface area contributed by atoms with Crippen molar-refractivity contribution < 1.29 is 13.9 Å². The molecule has 3 heterocycles. The Balaban J connectivity index is 1.33. The van der Waals surface area contributed by atoms with Gasteiger partial charge in [0.2, 0.25) is 0 Å². The van der Waals surface area contributed by atoms with Gasteiger partial charge >= 0.3 is 6.03 Å². The van der Waals surface area contributed by atoms with E-state index >= 15 is 0 Å². The van der Waals surface area contributed by atoms with E-state index in [1.807, 2.05) is 36.4 Å². The van der Waals surface area contributed by atoms with Crippen molar-refractivity contribution in [2.45, 2.75) is 56.8 Å². The molecule has 2 aliphatic rings. The van der Waals surface area contributed by atoms with Gasteiger partial charge in [0.05, 0.1) is 19.9 Å². The zero-order valence-electron chi connectivity index (χ0n) is 15.7. The van der Waals surface area contributed by atoms with E-state index in [2.05, 4.69) is 15.5 Å². The number of rotatable bonds is 5. The van der Waals surface area contributed by atoms with Crippen molar-refractivity contribution in [3.63, 3.8) is 0 Å². The number of urea groups is 1. The van der Waals surface area contributed by atoms with Gasteiger partial charge in [0.15, 0.2) is 0 Å². The summed E-state index contributed by atoms with van der Waals surface area (Å²) < 4.78 is 10.7. The summed E-state index contributed by atoms with van der Waals surface area (Å²) in [5, 5.41) is 6.09. The third-order valence-electron chi connectivity index (χ3n) is 5.73. The highest BCUT2D eigenvalue weighted by molar-refractivity contribution is 5.89. The SMILES string of the molecule is COc1ccc(NC(=O)NC2C[C@@H]3CCC[C@@H](C2)N3Cc2ccco2)cc1. The molecular weight excluding hydrogens is 342 g/mol. The summed E-state index contributed by atoms with van der Waals surface area (Å²) in [4.78, 5) is 15.0. The molecule has 2 N–H and O–H groups in total. The molecule has 2 saturated heterocycles. The summed E-state index contributed by atoms with van der Waals surface area (Å²) in [7, 11) is 1.63. The fourth-order valence-corrected chi connectivity index (χ4v) is 4.46. The molecule has 2 aromatic rings. The van der Waals surface area contributed by atoms with Crippen molar-refractivity contribution >= 4 is 11.7 Å². The standard InChI is InChI=1S/C21H27N3O3/c1-26-19-9-7-15(8-10-19)22-21(25)23-16-12-17-4-2-5-18(13-16)24(17)14-20-6-3-11-27-20/h3,6-11,16-18H,2,4-5,12-14H2,1H3,(H2,22,23,25)/t17-,18-/m0/s1. The molecule has 1 aromatic carbocycles. The van der Waals surface area contributed by atoms with Gasteiger partial charge in [-0.05, 0) is 62.1 Å². The molecule has 6 nitrogen and oxygen atoms in total. The second-order valence-corrected chi connectivity index (χ2v) is 7.49. The van der Waals surface area contributed by atoms with Crippen molar-refractivity contribution in [2.75, 3.05) is 12.4 Å². The van der Waals surface area contributed by atoms with E-state index in [0.717, 1.165) is 36.6 Å². The van der Waals surface area contributed by atoms with Crippen LogP contribution < -0.4 is 15.4 Å². The van der Waals surface area contributed by atoms with E-state index in [0.29, 0.717) is 12.1 Å². The Morgan fingerprint density at radius 1 is 1.19 bits per heavy atom. The molecule has 144 valence electrons. The normalized spacial score (nSPS) is 25.0. The summed E-state index contributed by atoms with van der Waals surface area (Å²) in [5.41, 5.74) is 0.767. The number of carbonyl (C=O) groups excluding carboxylic acids is 1. The first-order chi connectivity index (χ1) is 13.2. The maximum Gasteiger partial charge on any atom is 0.319 e. The highest BCUT2D eigenvalue weighted by atomic mass is 16.5. The molecule has 0 aliphatic carbocycles. The minimum Gasteiger partial charge on any atom is -0.497 e. The average Bonchev–Trinajstić information content (AvgIpc) is 3.16. The number of anilines is 1. The van der Waals surface area contributed by atoms with Gasteiger partial charge in [-0.15, -0.1) is 0 Å². The molecule has 2 amide bonds. The van der Waals surface area contributed by atoms with Crippen LogP contribution in [0.2, 0.25) is 0 Å². The van der Waals surface area contributed by atoms with E-state index in [9.17, 15) is 4.79 Å². The van der Waals surface area contributed by atoms with Gasteiger partial charge in [0.25, 0.3) is 0 Å². The molecular formula is C21H27N3O3. The second kappa shape index (κ2) is 8.05. The molecule has 2 bridgehead atoms. The molecule has 2 aliphatic heterocycles. The van der Waals surface area contributed by atoms with Gasteiger partial charge < -0.3 is 19.8 Å². The van der Waals surface area contributed by atoms with Crippen molar-refractivity contribution in [1.29, 1.82) is 0 Å². The summed E-state index contributed by atoms with van der Waals surface area (Å²) in [5.74, 6) is 1.80. The molecule has 2 fully saturated rings. The number of nitrogens with one attached hydrogen (secondary N) is 2. The van der Waals surface area contributed by atoms with Crippen LogP contribution in [0.15, 0.2) is 47.1 Å². The predicted octanol–water partition coefficient (Wildman–Crippen LogP) is 4.00. The Labute approximate surface area is 159 Å². The fraction of sp³-hybridized carbons (Fsp3) is 0.476. The van der Waals surface area contributed by atoms with Gasteiger partial charge in [0, 0.05) is 23.8 Å². The lowest BCUT2D eigenvalue weighted by atomic mass is 9.81. The topological polar surface area (TPSA) is 66.7 Å². The number of piperidine rings is 2. The molecule has 0 unspecified atom stereocenters. The smallest absolute Gasteiger partial charge is 0.319 e. The van der Waals surface area contributed by atoms with Gasteiger partial charge in [-0.25, -0.2) is 4.79 Å². The van der Waals surface area contributed by atoms with E-state index in [4.69, 9.17) is 9.15 Å². The van der Waals surface area contributed by atoms with Crippen LogP contribution in [0.25, 0.3) is 0 Å². The number of hydrogen-bond donors (Lipinski definition) is 2. The maximum atomic E-state index is 12.4. The molecule has 1 aromatic heterocycles. The van der Waals surface area contributed by atoms with E-state index < -0.39 is 0 Å². The Kier molecular flexibility index (Phi) is 5.34. The lowest BCUT2D eigenvalue weighted by molar-refractivity contribution is 0.0150. The zero-order valence-corrected chi connectivity index (χ0v) is 15.7. The molecule has 27 heavy (non-hydrogen) atoms. The first-order valence-corrected chi connectivity index (χ1v) is 9.71. The average molecular weight is 369 g/mol. The third kappa shape index (κ3) is 4.27. The zero-order chi connectivity index (χ0) is 18.6. The monoisotopic (exact) mass is 369 g/mol. The van der Waals surface area contributed by atoms with Crippen LogP contribution in [0.4, 0.5) is 10.5 Å². The van der Waals surface area contributed by atoms with Crippen molar-refractivity contribution in [3.05, 3.63) is 48.4 Å². The van der Waals surface area contributed by atoms with Gasteiger partial charge in [-0.3, -0.25) is 4.90 Å². The van der Waals surface area contributed by atoms with Crippen molar-refractivity contribution in [3.8, 4) is 5.75 Å². The van der Waals surface area contributed by atoms with Crippen LogP contribution in [-0.2, 0) is 6.54 Å². The highest BCUT2D eigenvalue weighted by Crippen LogP contribution is 2.35. The molecule has 6 heteroatoms. The molecule has 4 rings (SSSR count). The van der Waals surface area contributed by atoms with Gasteiger partial charge in [-0.1, -0.05) is 6.42 Å². The minimum atomic E-state index is -0.136. The number of furan rings is 1. The summed E-state index contributed by atoms with van der Waals surface area (Å²) >= 11 is 0. The molecule has 0 radical (unpaired) electrons. The number of methoxy groups -OCH3 is 1. The van der Waals surface area contributed by atoms with Gasteiger partial charge in [-0.2, -0.15) is 0 Å². The Bertz CT molecular complexity index is 731. The molecule has 0 saturated carbocycles. The van der Waals surface area contributed by atoms with Crippen LogP contribution in [0, 0.1) is 0 Å². The second-order valence-electron chi connectivity index (χ2n) is 7.49. The largest absolute Gasteiger partial charge is 0.497 e. The van der Waals surface area contributed by atoms with Crippen LogP contribution in [0.5, 0.6) is 5.75 Å². The number of nitrogens with zero attached hydrogens (tertiary/aromatic N) is 1. The fourth-order valence-electron chi connectivity index (χ4n) is 4.46. The van der Waals surface area contributed by atoms with Crippen molar-refractivity contribution in [1.82, 2.24) is 10.2 Å². The number of ether oxygens (including phenoxy) is 1. The number of hydrogen-bond acceptors (Lipinski definition) is 4. The van der Waals surface area contributed by atoms with Crippen LogP contribution >= 0.6 is 0 Å². The number of fused-ring (bicyclic) bond motifs is 2. The Morgan fingerprint density at radius 3 is 2.56 bits per heavy atom. The van der Waals surface area contributed by atoms with Crippen LogP contribution in [0.1, 0.15) is 37.9 Å². The number of benzene rings is 1. The number of carbonyl (C=O) groups is 1. The summed E-state index contributed by atoms with van der Waals surface area (Å²) in [6.45, 7) is 0.868. The number of amides is 2. The lowest BCUT2D eigenvalue weighted by Gasteiger charge is -2.48. The maximum absolute atomic E-state index is 12.4. The summed E-state index contributed by atoms with van der Waals surface area (Å²) in [6.07, 6.45) is 7.38. The predicted molar refractivity (Wildman–Crippen MR) is 104 cm³/mol. The van der Waals surface area contributed by atoms with Crippen LogP contribution in [-0.4, -0.2) is 36.2 Å². The first kappa shape index (κ1) is 17.9. The minimum absolute atomic E-state index is 0.136. The van der Waals surface area contributed by atoms with Crippen molar-refractivity contribution in [2.24, 2.45) is 0 Å². The highest BCUT2D eigenvalue weighted by Gasteiger charge is 2.38. The van der Waals surface area contributed by atoms with E-state index in [1.165, 1.54) is 19.3 Å². The molecule has 0 spiro atoms. The first-order valence-electron chi connectivity index (χ1n) is 9.71. The third-order valence-corrected chi connectivity index (χ3v) is 5.73. The Hall–Kier alpha value is -2.47. The lowest BCUT2D eigenvalue weighted by Crippen LogP contribution is -2.56. The van der Waals surface area contributed by atoms with Gasteiger partial charge in [0.1, 0.15) is 11.5 Å². The summed E-state index contributed by atoms with van der Waals surface area (Å²) in [6, 6.07) is 12.5. The quantitative estimate of drug-likeness (QED) is 0.836.